The number of benzene rings is 1. The molecule has 1 aromatic rings. The summed E-state index contributed by atoms with van der Waals surface area (Å²) in [6.45, 7) is 1.92. The maximum atomic E-state index is 11.6. The maximum Gasteiger partial charge on any atom is 0.226 e. The summed E-state index contributed by atoms with van der Waals surface area (Å²) in [6.07, 6.45) is 1.74. The summed E-state index contributed by atoms with van der Waals surface area (Å²) in [5, 5.41) is 14.1. The van der Waals surface area contributed by atoms with E-state index in [1.165, 1.54) is 6.92 Å². The molecule has 0 heterocycles. The number of rotatable bonds is 7. The van der Waals surface area contributed by atoms with Gasteiger partial charge in [-0.25, -0.2) is 0 Å². The number of aliphatic hydroxyl groups excluding tert-OH is 1. The Hall–Kier alpha value is -1.88. The van der Waals surface area contributed by atoms with Crippen LogP contribution in [-0.4, -0.2) is 30.1 Å². The molecule has 0 aliphatic rings. The fourth-order valence-corrected chi connectivity index (χ4v) is 1.66. The lowest BCUT2D eigenvalue weighted by atomic mass is 10.1. The van der Waals surface area contributed by atoms with Crippen LogP contribution in [0.3, 0.4) is 0 Å². The number of amides is 2. The molecule has 1 rings (SSSR count). The number of aryl methyl sites for hydroxylation is 1. The Kier molecular flexibility index (Phi) is 6.60. The number of hydrogen-bond acceptors (Lipinski definition) is 3. The van der Waals surface area contributed by atoms with Crippen LogP contribution in [0.4, 0.5) is 5.69 Å². The van der Waals surface area contributed by atoms with Crippen LogP contribution in [-0.2, 0) is 16.0 Å². The third kappa shape index (κ3) is 6.57. The first-order chi connectivity index (χ1) is 9.11. The van der Waals surface area contributed by atoms with Crippen LogP contribution >= 0.6 is 0 Å². The zero-order chi connectivity index (χ0) is 14.1. The van der Waals surface area contributed by atoms with E-state index in [1.54, 1.807) is 0 Å². The molecule has 0 atom stereocenters. The van der Waals surface area contributed by atoms with Crippen molar-refractivity contribution in [1.29, 1.82) is 0 Å². The van der Waals surface area contributed by atoms with Gasteiger partial charge in [0, 0.05) is 32.2 Å². The van der Waals surface area contributed by atoms with E-state index in [2.05, 4.69) is 10.6 Å². The van der Waals surface area contributed by atoms with Crippen molar-refractivity contribution in [3.8, 4) is 0 Å². The van der Waals surface area contributed by atoms with Crippen LogP contribution in [0.2, 0.25) is 0 Å². The van der Waals surface area contributed by atoms with E-state index in [-0.39, 0.29) is 24.8 Å². The van der Waals surface area contributed by atoms with E-state index < -0.39 is 0 Å². The van der Waals surface area contributed by atoms with Crippen LogP contribution in [0.1, 0.15) is 25.3 Å². The minimum absolute atomic E-state index is 0.131. The second kappa shape index (κ2) is 8.26. The van der Waals surface area contributed by atoms with Crippen LogP contribution in [0.15, 0.2) is 24.3 Å². The minimum Gasteiger partial charge on any atom is -0.396 e. The molecule has 5 nitrogen and oxygen atoms in total. The Balaban J connectivity index is 2.42. The Labute approximate surface area is 113 Å². The third-order valence-electron chi connectivity index (χ3n) is 2.56. The first-order valence-corrected chi connectivity index (χ1v) is 6.36. The molecular weight excluding hydrogens is 244 g/mol. The lowest BCUT2D eigenvalue weighted by molar-refractivity contribution is -0.119. The molecule has 0 fully saturated rings. The van der Waals surface area contributed by atoms with Crippen LogP contribution < -0.4 is 10.6 Å². The quantitative estimate of drug-likeness (QED) is 0.689. The normalized spacial score (nSPS) is 10.0. The molecule has 0 unspecified atom stereocenters. The highest BCUT2D eigenvalue weighted by molar-refractivity contribution is 5.91. The van der Waals surface area contributed by atoms with Gasteiger partial charge in [0.1, 0.15) is 0 Å². The Morgan fingerprint density at radius 2 is 2.11 bits per heavy atom. The summed E-state index contributed by atoms with van der Waals surface area (Å²) >= 11 is 0. The van der Waals surface area contributed by atoms with Crippen molar-refractivity contribution in [3.63, 3.8) is 0 Å². The minimum atomic E-state index is -0.140. The topological polar surface area (TPSA) is 78.4 Å². The second-order valence-corrected chi connectivity index (χ2v) is 4.31. The molecular formula is C14H20N2O3. The van der Waals surface area contributed by atoms with E-state index >= 15 is 0 Å². The van der Waals surface area contributed by atoms with Crippen molar-refractivity contribution in [2.75, 3.05) is 18.5 Å². The van der Waals surface area contributed by atoms with Gasteiger partial charge >= 0.3 is 0 Å². The molecule has 0 spiro atoms. The summed E-state index contributed by atoms with van der Waals surface area (Å²) in [4.78, 5) is 22.3. The largest absolute Gasteiger partial charge is 0.396 e. The third-order valence-corrected chi connectivity index (χ3v) is 2.56. The molecule has 5 heteroatoms. The Bertz CT molecular complexity index is 432. The van der Waals surface area contributed by atoms with Crippen molar-refractivity contribution >= 4 is 17.5 Å². The Morgan fingerprint density at radius 1 is 1.32 bits per heavy atom. The molecule has 0 saturated heterocycles. The van der Waals surface area contributed by atoms with Gasteiger partial charge in [-0.2, -0.15) is 0 Å². The highest BCUT2D eigenvalue weighted by Crippen LogP contribution is 2.12. The average molecular weight is 264 g/mol. The van der Waals surface area contributed by atoms with Gasteiger partial charge in [0.25, 0.3) is 0 Å². The summed E-state index contributed by atoms with van der Waals surface area (Å²) in [5.74, 6) is -0.271. The average Bonchev–Trinajstić information content (AvgIpc) is 2.36. The predicted molar refractivity (Wildman–Crippen MR) is 73.8 cm³/mol. The van der Waals surface area contributed by atoms with Crippen LogP contribution in [0.25, 0.3) is 0 Å². The van der Waals surface area contributed by atoms with Gasteiger partial charge in [-0.1, -0.05) is 12.1 Å². The van der Waals surface area contributed by atoms with Crippen molar-refractivity contribution in [2.24, 2.45) is 0 Å². The zero-order valence-corrected chi connectivity index (χ0v) is 11.1. The number of carbonyl (C=O) groups excluding carboxylic acids is 2. The molecule has 2 amide bonds. The van der Waals surface area contributed by atoms with Gasteiger partial charge in [-0.15, -0.1) is 0 Å². The van der Waals surface area contributed by atoms with E-state index in [0.29, 0.717) is 13.0 Å². The lowest BCUT2D eigenvalue weighted by Crippen LogP contribution is -2.25. The van der Waals surface area contributed by atoms with Gasteiger partial charge < -0.3 is 15.7 Å². The number of nitrogens with one attached hydrogen (secondary N) is 2. The summed E-state index contributed by atoms with van der Waals surface area (Å²) < 4.78 is 0. The smallest absolute Gasteiger partial charge is 0.226 e. The van der Waals surface area contributed by atoms with Crippen molar-refractivity contribution < 1.29 is 14.7 Å². The number of hydrogen-bond donors (Lipinski definition) is 3. The van der Waals surface area contributed by atoms with E-state index in [1.807, 2.05) is 24.3 Å². The first kappa shape index (κ1) is 15.2. The van der Waals surface area contributed by atoms with Crippen LogP contribution in [0, 0.1) is 0 Å². The molecule has 104 valence electrons. The highest BCUT2D eigenvalue weighted by Gasteiger charge is 2.03. The van der Waals surface area contributed by atoms with Crippen molar-refractivity contribution in [3.05, 3.63) is 29.8 Å². The van der Waals surface area contributed by atoms with E-state index in [0.717, 1.165) is 17.7 Å². The molecule has 0 saturated carbocycles. The van der Waals surface area contributed by atoms with E-state index in [9.17, 15) is 9.59 Å². The van der Waals surface area contributed by atoms with Crippen molar-refractivity contribution in [2.45, 2.75) is 26.2 Å². The van der Waals surface area contributed by atoms with Gasteiger partial charge in [0.05, 0.1) is 0 Å². The summed E-state index contributed by atoms with van der Waals surface area (Å²) in [5.41, 5.74) is 1.82. The molecule has 0 aliphatic heterocycles. The monoisotopic (exact) mass is 264 g/mol. The SMILES string of the molecule is CC(=O)NCCC(=O)Nc1cccc(CCCO)c1. The summed E-state index contributed by atoms with van der Waals surface area (Å²) in [6, 6.07) is 7.55. The predicted octanol–water partition coefficient (Wildman–Crippen LogP) is 1.08. The number of aliphatic hydroxyl groups is 1. The second-order valence-electron chi connectivity index (χ2n) is 4.31. The Morgan fingerprint density at radius 3 is 2.79 bits per heavy atom. The molecule has 0 aromatic heterocycles. The van der Waals surface area contributed by atoms with Gasteiger partial charge in [-0.3, -0.25) is 9.59 Å². The van der Waals surface area contributed by atoms with Gasteiger partial charge in [0.15, 0.2) is 0 Å². The highest BCUT2D eigenvalue weighted by atomic mass is 16.3. The van der Waals surface area contributed by atoms with Gasteiger partial charge in [-0.05, 0) is 30.5 Å². The standard InChI is InChI=1S/C14H20N2O3/c1-11(18)15-8-7-14(19)16-13-6-2-4-12(10-13)5-3-9-17/h2,4,6,10,17H,3,5,7-9H2,1H3,(H,15,18)(H,16,19). The fourth-order valence-electron chi connectivity index (χ4n) is 1.66. The van der Waals surface area contributed by atoms with Crippen LogP contribution in [0.5, 0.6) is 0 Å². The zero-order valence-electron chi connectivity index (χ0n) is 11.1. The molecule has 0 bridgehead atoms. The lowest BCUT2D eigenvalue weighted by Gasteiger charge is -2.07. The number of carbonyl (C=O) groups is 2. The number of anilines is 1. The van der Waals surface area contributed by atoms with E-state index in [4.69, 9.17) is 5.11 Å². The summed E-state index contributed by atoms with van der Waals surface area (Å²) in [7, 11) is 0. The fraction of sp³-hybridized carbons (Fsp3) is 0.429. The molecule has 0 radical (unpaired) electrons. The van der Waals surface area contributed by atoms with Gasteiger partial charge in [0.2, 0.25) is 11.8 Å². The molecule has 0 aliphatic carbocycles. The first-order valence-electron chi connectivity index (χ1n) is 6.36. The molecule has 19 heavy (non-hydrogen) atoms. The molecule has 3 N–H and O–H groups in total. The molecule has 1 aromatic carbocycles. The van der Waals surface area contributed by atoms with Crippen molar-refractivity contribution in [1.82, 2.24) is 5.32 Å². The maximum absolute atomic E-state index is 11.6.